The van der Waals surface area contributed by atoms with Gasteiger partial charge in [0.1, 0.15) is 0 Å². The number of hydrogen-bond donors (Lipinski definition) is 2. The highest BCUT2D eigenvalue weighted by Crippen LogP contribution is 2.17. The van der Waals surface area contributed by atoms with E-state index in [0.717, 1.165) is 31.2 Å². The minimum absolute atomic E-state index is 0.0840. The number of hydrogen-bond acceptors (Lipinski definition) is 5. The summed E-state index contributed by atoms with van der Waals surface area (Å²) >= 11 is 0. The fraction of sp³-hybridized carbons (Fsp3) is 0.600. The van der Waals surface area contributed by atoms with Crippen LogP contribution in [-0.4, -0.2) is 39.5 Å². The maximum absolute atomic E-state index is 12.1. The zero-order valence-electron chi connectivity index (χ0n) is 16.4. The number of nitrogens with one attached hydrogen (secondary N) is 2. The summed E-state index contributed by atoms with van der Waals surface area (Å²) < 4.78 is 31.6. The van der Waals surface area contributed by atoms with Gasteiger partial charge in [-0.05, 0) is 31.9 Å². The minimum Gasteiger partial charge on any atom is -0.456 e. The molecule has 28 heavy (non-hydrogen) atoms. The number of aryl methyl sites for hydroxylation is 1. The average Bonchev–Trinajstić information content (AvgIpc) is 2.62. The minimum atomic E-state index is -3.67. The highest BCUT2D eigenvalue weighted by atomic mass is 32.2. The van der Waals surface area contributed by atoms with Crippen molar-refractivity contribution >= 4 is 21.9 Å². The number of rotatable bonds is 8. The van der Waals surface area contributed by atoms with E-state index < -0.39 is 16.0 Å². The Kier molecular flexibility index (Phi) is 8.92. The van der Waals surface area contributed by atoms with E-state index in [2.05, 4.69) is 10.0 Å². The Hall–Kier alpha value is -1.93. The van der Waals surface area contributed by atoms with E-state index in [1.54, 1.807) is 12.1 Å². The molecule has 0 spiro atoms. The molecule has 8 heteroatoms. The van der Waals surface area contributed by atoms with Crippen LogP contribution in [0.15, 0.2) is 29.2 Å². The zero-order valence-corrected chi connectivity index (χ0v) is 17.2. The van der Waals surface area contributed by atoms with E-state index in [1.165, 1.54) is 31.4 Å². The Balaban J connectivity index is 1.66. The molecule has 7 nitrogen and oxygen atoms in total. The molecular weight excluding hydrogens is 380 g/mol. The smallest absolute Gasteiger partial charge is 0.307 e. The molecule has 156 valence electrons. The third kappa shape index (κ3) is 7.98. The fourth-order valence-electron chi connectivity index (χ4n) is 3.18. The predicted molar refractivity (Wildman–Crippen MR) is 106 cm³/mol. The van der Waals surface area contributed by atoms with Gasteiger partial charge in [-0.1, -0.05) is 49.8 Å². The molecule has 1 fully saturated rings. The summed E-state index contributed by atoms with van der Waals surface area (Å²) in [6.07, 6.45) is 7.63. The van der Waals surface area contributed by atoms with Crippen LogP contribution in [-0.2, 0) is 24.3 Å². The fourth-order valence-corrected chi connectivity index (χ4v) is 4.21. The van der Waals surface area contributed by atoms with Gasteiger partial charge in [0, 0.05) is 12.6 Å². The number of carbonyl (C=O) groups excluding carboxylic acids is 2. The van der Waals surface area contributed by atoms with E-state index >= 15 is 0 Å². The van der Waals surface area contributed by atoms with Crippen molar-refractivity contribution in [3.63, 3.8) is 0 Å². The summed E-state index contributed by atoms with van der Waals surface area (Å²) in [5.41, 5.74) is 0.959. The highest BCUT2D eigenvalue weighted by Gasteiger charge is 2.17. The molecule has 1 saturated carbocycles. The van der Waals surface area contributed by atoms with Crippen molar-refractivity contribution in [3.8, 4) is 0 Å². The molecule has 1 aromatic carbocycles. The second kappa shape index (κ2) is 11.2. The molecule has 0 bridgehead atoms. The molecule has 2 rings (SSSR count). The molecule has 1 aliphatic carbocycles. The first kappa shape index (κ1) is 22.4. The lowest BCUT2D eigenvalue weighted by molar-refractivity contribution is -0.148. The molecule has 0 unspecified atom stereocenters. The lowest BCUT2D eigenvalue weighted by Gasteiger charge is -2.20. The lowest BCUT2D eigenvalue weighted by atomic mass is 9.97. The van der Waals surface area contributed by atoms with Crippen LogP contribution < -0.4 is 10.0 Å². The number of benzene rings is 1. The topological polar surface area (TPSA) is 102 Å². The van der Waals surface area contributed by atoms with Crippen molar-refractivity contribution in [1.82, 2.24) is 10.0 Å². The van der Waals surface area contributed by atoms with Gasteiger partial charge in [-0.2, -0.15) is 0 Å². The van der Waals surface area contributed by atoms with Gasteiger partial charge in [0.2, 0.25) is 10.0 Å². The Morgan fingerprint density at radius 1 is 1.04 bits per heavy atom. The van der Waals surface area contributed by atoms with Gasteiger partial charge in [-0.25, -0.2) is 13.1 Å². The second-order valence-electron chi connectivity index (χ2n) is 7.23. The zero-order chi connectivity index (χ0) is 20.4. The summed E-state index contributed by atoms with van der Waals surface area (Å²) in [5, 5.41) is 2.92. The van der Waals surface area contributed by atoms with Crippen molar-refractivity contribution in [1.29, 1.82) is 0 Å². The van der Waals surface area contributed by atoms with Crippen LogP contribution in [0.3, 0.4) is 0 Å². The highest BCUT2D eigenvalue weighted by molar-refractivity contribution is 7.89. The number of amides is 1. The number of esters is 1. The van der Waals surface area contributed by atoms with Crippen molar-refractivity contribution in [2.45, 2.75) is 69.2 Å². The van der Waals surface area contributed by atoms with Gasteiger partial charge < -0.3 is 10.1 Å². The van der Waals surface area contributed by atoms with E-state index in [-0.39, 0.29) is 36.4 Å². The first-order valence-corrected chi connectivity index (χ1v) is 11.4. The van der Waals surface area contributed by atoms with Crippen LogP contribution >= 0.6 is 0 Å². The quantitative estimate of drug-likeness (QED) is 0.641. The Morgan fingerprint density at radius 2 is 1.64 bits per heavy atom. The largest absolute Gasteiger partial charge is 0.456 e. The van der Waals surface area contributed by atoms with Crippen LogP contribution in [0.4, 0.5) is 0 Å². The van der Waals surface area contributed by atoms with E-state index in [9.17, 15) is 18.0 Å². The van der Waals surface area contributed by atoms with Crippen LogP contribution in [0.25, 0.3) is 0 Å². The summed E-state index contributed by atoms with van der Waals surface area (Å²) in [4.78, 5) is 23.9. The molecule has 1 aliphatic rings. The Labute approximate surface area is 167 Å². The number of ether oxygens (including phenoxy) is 1. The maximum atomic E-state index is 12.1. The standard InChI is InChI=1S/C20H30N2O5S/c1-16-9-11-18(12-10-16)28(25,26)21-14-13-20(24)27-15-19(23)22-17-7-5-3-2-4-6-8-17/h9-12,17,21H,2-8,13-15H2,1H3,(H,22,23). The first-order valence-electron chi connectivity index (χ1n) is 9.88. The SMILES string of the molecule is Cc1ccc(S(=O)(=O)NCCC(=O)OCC(=O)NC2CCCCCCC2)cc1. The van der Waals surface area contributed by atoms with Gasteiger partial charge in [0.25, 0.3) is 5.91 Å². The summed E-state index contributed by atoms with van der Waals surface area (Å²) in [7, 11) is -3.67. The van der Waals surface area contributed by atoms with Gasteiger partial charge >= 0.3 is 5.97 Å². The predicted octanol–water partition coefficient (Wildman–Crippen LogP) is 2.44. The average molecular weight is 411 g/mol. The molecular formula is C20H30N2O5S. The maximum Gasteiger partial charge on any atom is 0.307 e. The van der Waals surface area contributed by atoms with Crippen molar-refractivity contribution in [3.05, 3.63) is 29.8 Å². The first-order chi connectivity index (χ1) is 13.4. The summed E-state index contributed by atoms with van der Waals surface area (Å²) in [6, 6.07) is 6.58. The number of sulfonamides is 1. The number of carbonyl (C=O) groups is 2. The molecule has 0 aliphatic heterocycles. The van der Waals surface area contributed by atoms with Crippen molar-refractivity contribution in [2.75, 3.05) is 13.2 Å². The molecule has 0 radical (unpaired) electrons. The molecule has 0 aromatic heterocycles. The normalized spacial score (nSPS) is 16.0. The molecule has 1 aromatic rings. The Bertz CT molecular complexity index is 738. The van der Waals surface area contributed by atoms with Gasteiger partial charge in [-0.3, -0.25) is 9.59 Å². The van der Waals surface area contributed by atoms with Crippen molar-refractivity contribution in [2.24, 2.45) is 0 Å². The van der Waals surface area contributed by atoms with Crippen LogP contribution in [0, 0.1) is 6.92 Å². The van der Waals surface area contributed by atoms with Crippen LogP contribution in [0.1, 0.15) is 56.9 Å². The second-order valence-corrected chi connectivity index (χ2v) is 9.00. The Morgan fingerprint density at radius 3 is 2.29 bits per heavy atom. The summed E-state index contributed by atoms with van der Waals surface area (Å²) in [5.74, 6) is -0.918. The third-order valence-corrected chi connectivity index (χ3v) is 6.26. The van der Waals surface area contributed by atoms with Crippen LogP contribution in [0.5, 0.6) is 0 Å². The molecule has 0 saturated heterocycles. The van der Waals surface area contributed by atoms with Gasteiger partial charge in [-0.15, -0.1) is 0 Å². The summed E-state index contributed by atoms with van der Waals surface area (Å²) in [6.45, 7) is 1.45. The van der Waals surface area contributed by atoms with E-state index in [0.29, 0.717) is 0 Å². The molecule has 2 N–H and O–H groups in total. The van der Waals surface area contributed by atoms with Gasteiger partial charge in [0.15, 0.2) is 6.61 Å². The monoisotopic (exact) mass is 410 g/mol. The molecule has 1 amide bonds. The third-order valence-electron chi connectivity index (χ3n) is 4.79. The molecule has 0 heterocycles. The van der Waals surface area contributed by atoms with Crippen LogP contribution in [0.2, 0.25) is 0 Å². The van der Waals surface area contributed by atoms with E-state index in [4.69, 9.17) is 4.74 Å². The van der Waals surface area contributed by atoms with Gasteiger partial charge in [0.05, 0.1) is 11.3 Å². The lowest BCUT2D eigenvalue weighted by Crippen LogP contribution is -2.38. The van der Waals surface area contributed by atoms with Crippen molar-refractivity contribution < 1.29 is 22.7 Å². The molecule has 0 atom stereocenters. The van der Waals surface area contributed by atoms with E-state index in [1.807, 2.05) is 6.92 Å².